The lowest BCUT2D eigenvalue weighted by molar-refractivity contribution is 1.18. The molecule has 0 aliphatic carbocycles. The van der Waals surface area contributed by atoms with E-state index < -0.39 is 0 Å². The van der Waals surface area contributed by atoms with Crippen molar-refractivity contribution in [3.05, 3.63) is 200 Å². The van der Waals surface area contributed by atoms with Gasteiger partial charge in [-0.15, -0.1) is 0 Å². The van der Waals surface area contributed by atoms with Crippen LogP contribution < -0.4 is 0 Å². The molecule has 0 saturated heterocycles. The van der Waals surface area contributed by atoms with Crippen LogP contribution in [0.4, 0.5) is 0 Å². The summed E-state index contributed by atoms with van der Waals surface area (Å²) in [5, 5.41) is 24.6. The molecular formula is C55H32N2. The fourth-order valence-corrected chi connectivity index (χ4v) is 9.74. The molecule has 0 N–H and O–H groups in total. The van der Waals surface area contributed by atoms with Gasteiger partial charge in [-0.2, -0.15) is 5.26 Å². The molecule has 262 valence electrons. The van der Waals surface area contributed by atoms with Gasteiger partial charge in [0.05, 0.1) is 22.7 Å². The van der Waals surface area contributed by atoms with Gasteiger partial charge in [0.25, 0.3) is 0 Å². The van der Waals surface area contributed by atoms with Crippen LogP contribution in [0.25, 0.3) is 115 Å². The van der Waals surface area contributed by atoms with Gasteiger partial charge in [0.1, 0.15) is 0 Å². The molecule has 0 atom stereocenters. The number of nitrogens with zero attached hydrogens (tertiary/aromatic N) is 2. The average Bonchev–Trinajstić information content (AvgIpc) is 3.63. The number of rotatable bonds is 4. The molecule has 12 aromatic rings. The molecule has 0 radical (unpaired) electrons. The molecule has 0 aliphatic rings. The zero-order valence-corrected chi connectivity index (χ0v) is 30.9. The van der Waals surface area contributed by atoms with E-state index in [1.54, 1.807) is 0 Å². The lowest BCUT2D eigenvalue weighted by Crippen LogP contribution is -1.93. The van der Waals surface area contributed by atoms with Gasteiger partial charge in [0, 0.05) is 21.8 Å². The zero-order chi connectivity index (χ0) is 37.6. The van der Waals surface area contributed by atoms with E-state index in [2.05, 4.69) is 199 Å². The summed E-state index contributed by atoms with van der Waals surface area (Å²) in [5.41, 5.74) is 11.4. The van der Waals surface area contributed by atoms with E-state index in [9.17, 15) is 5.26 Å². The van der Waals surface area contributed by atoms with Crippen LogP contribution in [0.5, 0.6) is 0 Å². The number of aromatic nitrogens is 1. The lowest BCUT2D eigenvalue weighted by Gasteiger charge is -2.18. The molecule has 0 aliphatic heterocycles. The molecule has 1 heterocycles. The van der Waals surface area contributed by atoms with Gasteiger partial charge in [0.2, 0.25) is 0 Å². The minimum atomic E-state index is 0.698. The number of hydrogen-bond acceptors (Lipinski definition) is 1. The quantitative estimate of drug-likeness (QED) is 0.166. The number of hydrogen-bond donors (Lipinski definition) is 0. The van der Waals surface area contributed by atoms with Crippen LogP contribution >= 0.6 is 0 Å². The van der Waals surface area contributed by atoms with Gasteiger partial charge in [-0.25, -0.2) is 0 Å². The molecule has 2 heteroatoms. The van der Waals surface area contributed by atoms with Crippen molar-refractivity contribution in [2.24, 2.45) is 0 Å². The van der Waals surface area contributed by atoms with E-state index in [0.29, 0.717) is 5.56 Å². The van der Waals surface area contributed by atoms with Crippen LogP contribution in [0.3, 0.4) is 0 Å². The molecule has 12 rings (SSSR count). The average molecular weight is 721 g/mol. The minimum absolute atomic E-state index is 0.698. The number of nitriles is 1. The Kier molecular flexibility index (Phi) is 6.73. The summed E-state index contributed by atoms with van der Waals surface area (Å²) in [6.07, 6.45) is 0. The largest absolute Gasteiger partial charge is 0.309 e. The van der Waals surface area contributed by atoms with Crippen molar-refractivity contribution in [2.45, 2.75) is 0 Å². The Morgan fingerprint density at radius 2 is 0.754 bits per heavy atom. The first kappa shape index (κ1) is 31.6. The highest BCUT2D eigenvalue weighted by atomic mass is 15.0. The van der Waals surface area contributed by atoms with Crippen molar-refractivity contribution >= 4 is 75.7 Å². The number of benzene rings is 11. The molecule has 0 saturated carbocycles. The molecule has 2 nitrogen and oxygen atoms in total. The normalized spacial score (nSPS) is 11.8. The summed E-state index contributed by atoms with van der Waals surface area (Å²) in [6.45, 7) is 0. The zero-order valence-electron chi connectivity index (χ0n) is 30.9. The van der Waals surface area contributed by atoms with Gasteiger partial charge >= 0.3 is 0 Å². The van der Waals surface area contributed by atoms with Crippen LogP contribution in [0, 0.1) is 11.3 Å². The standard InChI is InChI=1S/C55H32N2/c56-33-35-23-29-52-54-37(35)24-27-47-45(28-30-53(55(47)54)57(52)36-15-5-2-6-16-36)44-25-26-46(39-18-8-7-17-38(39)44)49-32-51-41-20-10-9-19-40(41)48(34-13-3-1-4-14-34)31-50(51)43-22-12-11-21-42(43)49/h1-32H. The van der Waals surface area contributed by atoms with Crippen molar-refractivity contribution in [3.63, 3.8) is 0 Å². The first-order valence-electron chi connectivity index (χ1n) is 19.5. The third kappa shape index (κ3) is 4.52. The highest BCUT2D eigenvalue weighted by molar-refractivity contribution is 6.29. The predicted molar refractivity (Wildman–Crippen MR) is 241 cm³/mol. The van der Waals surface area contributed by atoms with Crippen LogP contribution in [0.2, 0.25) is 0 Å². The van der Waals surface area contributed by atoms with E-state index in [-0.39, 0.29) is 0 Å². The highest BCUT2D eigenvalue weighted by Gasteiger charge is 2.22. The predicted octanol–water partition coefficient (Wildman–Crippen LogP) is 14.9. The molecule has 0 amide bonds. The minimum Gasteiger partial charge on any atom is -0.309 e. The Morgan fingerprint density at radius 3 is 1.39 bits per heavy atom. The van der Waals surface area contributed by atoms with Gasteiger partial charge < -0.3 is 4.57 Å². The second-order valence-corrected chi connectivity index (χ2v) is 15.1. The highest BCUT2D eigenvalue weighted by Crippen LogP contribution is 2.47. The monoisotopic (exact) mass is 720 g/mol. The Morgan fingerprint density at radius 1 is 0.316 bits per heavy atom. The van der Waals surface area contributed by atoms with E-state index in [4.69, 9.17) is 0 Å². The first-order valence-corrected chi connectivity index (χ1v) is 19.5. The van der Waals surface area contributed by atoms with E-state index in [1.165, 1.54) is 87.2 Å². The third-order valence-electron chi connectivity index (χ3n) is 12.2. The number of para-hydroxylation sites is 1. The summed E-state index contributed by atoms with van der Waals surface area (Å²) in [4.78, 5) is 0. The Balaban J connectivity index is 1.12. The molecule has 0 spiro atoms. The number of fused-ring (bicyclic) bond motifs is 6. The molecule has 0 fully saturated rings. The van der Waals surface area contributed by atoms with Crippen molar-refractivity contribution in [2.75, 3.05) is 0 Å². The van der Waals surface area contributed by atoms with Crippen molar-refractivity contribution in [1.29, 1.82) is 5.26 Å². The first-order chi connectivity index (χ1) is 28.3. The van der Waals surface area contributed by atoms with Gasteiger partial charge in [0.15, 0.2) is 0 Å². The molecule has 1 aromatic heterocycles. The maximum absolute atomic E-state index is 10.1. The molecule has 11 aromatic carbocycles. The van der Waals surface area contributed by atoms with E-state index >= 15 is 0 Å². The summed E-state index contributed by atoms with van der Waals surface area (Å²) < 4.78 is 2.34. The van der Waals surface area contributed by atoms with Crippen LogP contribution in [-0.4, -0.2) is 4.57 Å². The van der Waals surface area contributed by atoms with Crippen LogP contribution in [-0.2, 0) is 0 Å². The van der Waals surface area contributed by atoms with Gasteiger partial charge in [-0.1, -0.05) is 152 Å². The summed E-state index contributed by atoms with van der Waals surface area (Å²) in [6, 6.07) is 72.9. The maximum atomic E-state index is 10.1. The molecule has 57 heavy (non-hydrogen) atoms. The fourth-order valence-electron chi connectivity index (χ4n) is 9.74. The van der Waals surface area contributed by atoms with Gasteiger partial charge in [-0.3, -0.25) is 0 Å². The topological polar surface area (TPSA) is 28.7 Å². The van der Waals surface area contributed by atoms with Crippen LogP contribution in [0.15, 0.2) is 194 Å². The van der Waals surface area contributed by atoms with Crippen molar-refractivity contribution in [1.82, 2.24) is 4.57 Å². The van der Waals surface area contributed by atoms with Crippen molar-refractivity contribution in [3.8, 4) is 45.1 Å². The second kappa shape index (κ2) is 12.1. The smallest absolute Gasteiger partial charge is 0.0998 e. The lowest BCUT2D eigenvalue weighted by atomic mass is 9.85. The van der Waals surface area contributed by atoms with Crippen molar-refractivity contribution < 1.29 is 0 Å². The summed E-state index contributed by atoms with van der Waals surface area (Å²) in [5.74, 6) is 0. The van der Waals surface area contributed by atoms with E-state index in [1.807, 2.05) is 6.07 Å². The maximum Gasteiger partial charge on any atom is 0.0998 e. The Hall–Kier alpha value is -7.73. The molecule has 0 unspecified atom stereocenters. The summed E-state index contributed by atoms with van der Waals surface area (Å²) in [7, 11) is 0. The molecule has 0 bridgehead atoms. The third-order valence-corrected chi connectivity index (χ3v) is 12.2. The fraction of sp³-hybridized carbons (Fsp3) is 0. The van der Waals surface area contributed by atoms with E-state index in [0.717, 1.165) is 27.5 Å². The SMILES string of the molecule is N#Cc1ccc2c3c1ccc1c(-c4ccc(-c5cc6c7ccccc7c(-c7ccccc7)cc6c6ccccc56)c5ccccc45)ccc(c13)n2-c1ccccc1. The molecular weight excluding hydrogens is 689 g/mol. The Bertz CT molecular complexity index is 3620. The van der Waals surface area contributed by atoms with Gasteiger partial charge in [-0.05, 0) is 124 Å². The van der Waals surface area contributed by atoms with Crippen LogP contribution in [0.1, 0.15) is 5.56 Å². The second-order valence-electron chi connectivity index (χ2n) is 15.1. The Labute approximate surface area is 329 Å². The summed E-state index contributed by atoms with van der Waals surface area (Å²) >= 11 is 0.